The average Bonchev–Trinajstić information content (AvgIpc) is 2.89. The van der Waals surface area contributed by atoms with E-state index >= 15 is 0 Å². The lowest BCUT2D eigenvalue weighted by molar-refractivity contribution is -0.0313. The third-order valence-corrected chi connectivity index (χ3v) is 5.49. The summed E-state index contributed by atoms with van der Waals surface area (Å²) in [6, 6.07) is 0. The molecule has 0 bridgehead atoms. The van der Waals surface area contributed by atoms with Crippen molar-refractivity contribution >= 4 is 0 Å². The van der Waals surface area contributed by atoms with Gasteiger partial charge in [0.05, 0.1) is 98.6 Å². The van der Waals surface area contributed by atoms with Gasteiger partial charge >= 0.3 is 0 Å². The van der Waals surface area contributed by atoms with Gasteiger partial charge in [-0.2, -0.15) is 0 Å². The fourth-order valence-corrected chi connectivity index (χ4v) is 3.47. The maximum absolute atomic E-state index is 5.78. The molecule has 1 heterocycles. The molecule has 1 saturated heterocycles. The molecular weight excluding hydrogens is 454 g/mol. The lowest BCUT2D eigenvalue weighted by Gasteiger charge is -2.22. The molecule has 9 heteroatoms. The van der Waals surface area contributed by atoms with Gasteiger partial charge in [0, 0.05) is 6.61 Å². The summed E-state index contributed by atoms with van der Waals surface area (Å²) in [6.07, 6.45) is 8.88. The molecule has 1 aliphatic heterocycles. The fraction of sp³-hybridized carbons (Fsp3) is 1.00. The minimum atomic E-state index is 0.384. The van der Waals surface area contributed by atoms with Crippen molar-refractivity contribution in [2.75, 3.05) is 112 Å². The van der Waals surface area contributed by atoms with E-state index < -0.39 is 0 Å². The van der Waals surface area contributed by atoms with Gasteiger partial charge in [0.25, 0.3) is 0 Å². The van der Waals surface area contributed by atoms with Crippen LogP contribution in [0, 0.1) is 0 Å². The van der Waals surface area contributed by atoms with Gasteiger partial charge in [-0.1, -0.05) is 32.6 Å². The molecule has 1 rings (SSSR count). The molecular formula is C26H53NO8. The van der Waals surface area contributed by atoms with E-state index in [1.165, 1.54) is 25.7 Å². The Morgan fingerprint density at radius 2 is 0.829 bits per heavy atom. The summed E-state index contributed by atoms with van der Waals surface area (Å²) in [7, 11) is 0. The summed E-state index contributed by atoms with van der Waals surface area (Å²) in [6.45, 7) is 13.3. The summed E-state index contributed by atoms with van der Waals surface area (Å²) < 4.78 is 44.3. The molecule has 0 aromatic rings. The highest BCUT2D eigenvalue weighted by molar-refractivity contribution is 4.67. The second-order valence-corrected chi connectivity index (χ2v) is 8.52. The van der Waals surface area contributed by atoms with Crippen LogP contribution in [0.5, 0.6) is 0 Å². The molecule has 35 heavy (non-hydrogen) atoms. The molecule has 1 fully saturated rings. The summed E-state index contributed by atoms with van der Waals surface area (Å²) in [5, 5.41) is 3.33. The zero-order valence-electron chi connectivity index (χ0n) is 22.3. The van der Waals surface area contributed by atoms with Crippen molar-refractivity contribution in [1.82, 2.24) is 5.32 Å². The van der Waals surface area contributed by atoms with E-state index in [0.29, 0.717) is 98.6 Å². The van der Waals surface area contributed by atoms with Crippen molar-refractivity contribution in [2.24, 2.45) is 0 Å². The molecule has 0 radical (unpaired) electrons. The van der Waals surface area contributed by atoms with Crippen LogP contribution in [-0.2, 0) is 37.9 Å². The normalized spacial score (nSPS) is 14.7. The Morgan fingerprint density at radius 1 is 0.457 bits per heavy atom. The van der Waals surface area contributed by atoms with Crippen LogP contribution >= 0.6 is 0 Å². The first-order chi connectivity index (χ1) is 17.4. The second kappa shape index (κ2) is 28.2. The van der Waals surface area contributed by atoms with Crippen molar-refractivity contribution in [2.45, 2.75) is 58.0 Å². The molecule has 0 spiro atoms. The van der Waals surface area contributed by atoms with Gasteiger partial charge in [0.1, 0.15) is 0 Å². The summed E-state index contributed by atoms with van der Waals surface area (Å²) in [5.74, 6) is 0. The lowest BCUT2D eigenvalue weighted by atomic mass is 10.1. The molecule has 210 valence electrons. The molecule has 0 atom stereocenters. The summed E-state index contributed by atoms with van der Waals surface area (Å²) >= 11 is 0. The maximum Gasteiger partial charge on any atom is 0.0704 e. The molecule has 0 saturated carbocycles. The van der Waals surface area contributed by atoms with Gasteiger partial charge in [0.15, 0.2) is 0 Å². The van der Waals surface area contributed by atoms with Gasteiger partial charge < -0.3 is 43.2 Å². The van der Waals surface area contributed by atoms with Crippen molar-refractivity contribution in [3.05, 3.63) is 0 Å². The first-order valence-corrected chi connectivity index (χ1v) is 13.8. The van der Waals surface area contributed by atoms with E-state index in [2.05, 4.69) is 12.2 Å². The standard InChI is InChI=1S/C26H53NO8/c1-2-3-4-5-6-11-28-12-13-29-14-15-30-16-17-31-18-19-32-20-21-33-22-23-34-24-25-35-26-7-9-27-10-8-26/h26-27H,2-25H2,1H3. The average molecular weight is 508 g/mol. The van der Waals surface area contributed by atoms with E-state index in [9.17, 15) is 0 Å². The molecule has 0 unspecified atom stereocenters. The third-order valence-electron chi connectivity index (χ3n) is 5.49. The van der Waals surface area contributed by atoms with Crippen LogP contribution in [0.2, 0.25) is 0 Å². The Hall–Kier alpha value is -0.360. The first-order valence-electron chi connectivity index (χ1n) is 13.8. The lowest BCUT2D eigenvalue weighted by Crippen LogP contribution is -2.33. The zero-order chi connectivity index (χ0) is 24.9. The predicted octanol–water partition coefficient (Wildman–Crippen LogP) is 2.84. The molecule has 1 N–H and O–H groups in total. The minimum Gasteiger partial charge on any atom is -0.379 e. The van der Waals surface area contributed by atoms with Crippen LogP contribution in [0.25, 0.3) is 0 Å². The summed E-state index contributed by atoms with van der Waals surface area (Å²) in [5.41, 5.74) is 0. The Morgan fingerprint density at radius 3 is 1.26 bits per heavy atom. The van der Waals surface area contributed by atoms with Crippen molar-refractivity contribution < 1.29 is 37.9 Å². The molecule has 0 amide bonds. The topological polar surface area (TPSA) is 85.9 Å². The number of ether oxygens (including phenoxy) is 8. The van der Waals surface area contributed by atoms with E-state index in [0.717, 1.165) is 39.0 Å². The van der Waals surface area contributed by atoms with Crippen molar-refractivity contribution in [3.63, 3.8) is 0 Å². The highest BCUT2D eigenvalue weighted by Gasteiger charge is 2.12. The first kappa shape index (κ1) is 32.7. The smallest absolute Gasteiger partial charge is 0.0704 e. The molecule has 0 aromatic heterocycles. The monoisotopic (exact) mass is 507 g/mol. The molecule has 9 nitrogen and oxygen atoms in total. The van der Waals surface area contributed by atoms with Crippen LogP contribution in [-0.4, -0.2) is 118 Å². The van der Waals surface area contributed by atoms with Gasteiger partial charge in [0.2, 0.25) is 0 Å². The van der Waals surface area contributed by atoms with E-state index in [1.807, 2.05) is 0 Å². The fourth-order valence-electron chi connectivity index (χ4n) is 3.47. The highest BCUT2D eigenvalue weighted by atomic mass is 16.6. The number of piperidine rings is 1. The van der Waals surface area contributed by atoms with Crippen LogP contribution < -0.4 is 5.32 Å². The van der Waals surface area contributed by atoms with Crippen LogP contribution in [0.4, 0.5) is 0 Å². The van der Waals surface area contributed by atoms with Crippen molar-refractivity contribution in [1.29, 1.82) is 0 Å². The van der Waals surface area contributed by atoms with Crippen LogP contribution in [0.3, 0.4) is 0 Å². The number of hydrogen-bond donors (Lipinski definition) is 1. The van der Waals surface area contributed by atoms with Gasteiger partial charge in [-0.15, -0.1) is 0 Å². The number of nitrogens with one attached hydrogen (secondary N) is 1. The van der Waals surface area contributed by atoms with E-state index in [-0.39, 0.29) is 0 Å². The molecule has 1 aliphatic rings. The van der Waals surface area contributed by atoms with E-state index in [4.69, 9.17) is 37.9 Å². The Bertz CT molecular complexity index is 400. The zero-order valence-corrected chi connectivity index (χ0v) is 22.3. The van der Waals surface area contributed by atoms with Crippen LogP contribution in [0.1, 0.15) is 51.9 Å². The van der Waals surface area contributed by atoms with Crippen LogP contribution in [0.15, 0.2) is 0 Å². The van der Waals surface area contributed by atoms with E-state index in [1.54, 1.807) is 0 Å². The van der Waals surface area contributed by atoms with Gasteiger partial charge in [-0.3, -0.25) is 0 Å². The third kappa shape index (κ3) is 25.1. The SMILES string of the molecule is CCCCCCCOCCOCCOCCOCCOCCOCCOCCOC1CCNCC1. The maximum atomic E-state index is 5.78. The molecule has 0 aliphatic carbocycles. The number of rotatable bonds is 28. The second-order valence-electron chi connectivity index (χ2n) is 8.52. The quantitative estimate of drug-likeness (QED) is 0.161. The van der Waals surface area contributed by atoms with Gasteiger partial charge in [-0.25, -0.2) is 0 Å². The molecule has 0 aromatic carbocycles. The predicted molar refractivity (Wildman–Crippen MR) is 136 cm³/mol. The Balaban J connectivity index is 1.61. The summed E-state index contributed by atoms with van der Waals surface area (Å²) in [4.78, 5) is 0. The number of unbranched alkanes of at least 4 members (excludes halogenated alkanes) is 4. The van der Waals surface area contributed by atoms with Gasteiger partial charge in [-0.05, 0) is 32.4 Å². The van der Waals surface area contributed by atoms with Crippen molar-refractivity contribution in [3.8, 4) is 0 Å². The number of hydrogen-bond acceptors (Lipinski definition) is 9. The Labute approximate surface area is 213 Å². The minimum absolute atomic E-state index is 0.384. The highest BCUT2D eigenvalue weighted by Crippen LogP contribution is 2.06. The largest absolute Gasteiger partial charge is 0.379 e. The Kier molecular flexibility index (Phi) is 26.3.